The number of hydrogen-bond acceptors (Lipinski definition) is 4. The third-order valence-corrected chi connectivity index (χ3v) is 4.50. The second-order valence-electron chi connectivity index (χ2n) is 5.70. The van der Waals surface area contributed by atoms with Gasteiger partial charge in [0.15, 0.2) is 0 Å². The van der Waals surface area contributed by atoms with E-state index in [1.807, 2.05) is 6.07 Å². The number of hydrogen-bond donors (Lipinski definition) is 0. The van der Waals surface area contributed by atoms with E-state index in [2.05, 4.69) is 21.9 Å². The first-order valence-electron chi connectivity index (χ1n) is 7.52. The molecule has 0 N–H and O–H groups in total. The Labute approximate surface area is 121 Å². The summed E-state index contributed by atoms with van der Waals surface area (Å²) in [5.74, 6) is 1.73. The van der Waals surface area contributed by atoms with Crippen molar-refractivity contribution in [3.8, 4) is 11.5 Å². The lowest BCUT2D eigenvalue weighted by Gasteiger charge is -2.27. The van der Waals surface area contributed by atoms with Crippen molar-refractivity contribution < 1.29 is 9.47 Å². The smallest absolute Gasteiger partial charge is 0.124 e. The molecule has 2 aliphatic rings. The molecule has 2 saturated heterocycles. The Bertz CT molecular complexity index is 442. The van der Waals surface area contributed by atoms with Gasteiger partial charge in [-0.25, -0.2) is 0 Å². The summed E-state index contributed by atoms with van der Waals surface area (Å²) < 4.78 is 10.8. The summed E-state index contributed by atoms with van der Waals surface area (Å²) in [6, 6.07) is 6.89. The summed E-state index contributed by atoms with van der Waals surface area (Å²) in [4.78, 5) is 5.14. The van der Waals surface area contributed by atoms with Crippen LogP contribution in [0.2, 0.25) is 0 Å². The molecule has 0 spiro atoms. The molecule has 1 aromatic carbocycles. The zero-order valence-corrected chi connectivity index (χ0v) is 12.5. The van der Waals surface area contributed by atoms with Crippen LogP contribution in [-0.2, 0) is 0 Å². The number of methoxy groups -OCH3 is 2. The minimum Gasteiger partial charge on any atom is -0.497 e. The molecule has 0 bridgehead atoms. The SMILES string of the molecule is COc1cc(OC)cc(N2CCCN3CCCC3C2)c1. The number of rotatable bonds is 3. The highest BCUT2D eigenvalue weighted by Gasteiger charge is 2.29. The van der Waals surface area contributed by atoms with Gasteiger partial charge in [0, 0.05) is 49.6 Å². The van der Waals surface area contributed by atoms with Crippen molar-refractivity contribution in [3.05, 3.63) is 18.2 Å². The summed E-state index contributed by atoms with van der Waals surface area (Å²) in [7, 11) is 3.42. The highest BCUT2D eigenvalue weighted by molar-refractivity contribution is 5.56. The highest BCUT2D eigenvalue weighted by Crippen LogP contribution is 2.31. The van der Waals surface area contributed by atoms with Gasteiger partial charge in [0.2, 0.25) is 0 Å². The summed E-state index contributed by atoms with van der Waals surface area (Å²) >= 11 is 0. The Morgan fingerprint density at radius 2 is 1.65 bits per heavy atom. The van der Waals surface area contributed by atoms with Crippen LogP contribution in [0.15, 0.2) is 18.2 Å². The van der Waals surface area contributed by atoms with Gasteiger partial charge in [-0.1, -0.05) is 0 Å². The summed E-state index contributed by atoms with van der Waals surface area (Å²) in [6.45, 7) is 4.75. The monoisotopic (exact) mass is 276 g/mol. The van der Waals surface area contributed by atoms with Crippen LogP contribution in [0.5, 0.6) is 11.5 Å². The van der Waals surface area contributed by atoms with Gasteiger partial charge in [-0.3, -0.25) is 4.90 Å². The lowest BCUT2D eigenvalue weighted by atomic mass is 10.2. The van der Waals surface area contributed by atoms with E-state index in [1.54, 1.807) is 14.2 Å². The number of fused-ring (bicyclic) bond motifs is 1. The second kappa shape index (κ2) is 5.92. The molecule has 0 aromatic heterocycles. The van der Waals surface area contributed by atoms with Crippen molar-refractivity contribution in [3.63, 3.8) is 0 Å². The molecule has 4 heteroatoms. The lowest BCUT2D eigenvalue weighted by molar-refractivity contribution is 0.273. The standard InChI is InChI=1S/C16H24N2O2/c1-19-15-9-14(10-16(11-15)20-2)18-8-4-7-17-6-3-5-13(17)12-18/h9-11,13H,3-8,12H2,1-2H3. The summed E-state index contributed by atoms with van der Waals surface area (Å²) in [5, 5.41) is 0. The molecule has 0 saturated carbocycles. The molecule has 0 aliphatic carbocycles. The molecule has 2 heterocycles. The number of benzene rings is 1. The van der Waals surface area contributed by atoms with Crippen LogP contribution in [0.25, 0.3) is 0 Å². The Morgan fingerprint density at radius 3 is 2.35 bits per heavy atom. The zero-order valence-electron chi connectivity index (χ0n) is 12.5. The van der Waals surface area contributed by atoms with Gasteiger partial charge in [-0.15, -0.1) is 0 Å². The Kier molecular flexibility index (Phi) is 4.01. The Hall–Kier alpha value is -1.42. The highest BCUT2D eigenvalue weighted by atomic mass is 16.5. The minimum atomic E-state index is 0.717. The second-order valence-corrected chi connectivity index (χ2v) is 5.70. The van der Waals surface area contributed by atoms with E-state index < -0.39 is 0 Å². The van der Waals surface area contributed by atoms with Crippen LogP contribution in [0, 0.1) is 0 Å². The average molecular weight is 276 g/mol. The molecule has 2 aliphatic heterocycles. The molecule has 0 amide bonds. The normalized spacial score (nSPS) is 23.3. The fourth-order valence-corrected chi connectivity index (χ4v) is 3.42. The number of ether oxygens (including phenoxy) is 2. The van der Waals surface area contributed by atoms with Crippen LogP contribution in [0.4, 0.5) is 5.69 Å². The quantitative estimate of drug-likeness (QED) is 0.846. The van der Waals surface area contributed by atoms with Crippen LogP contribution >= 0.6 is 0 Å². The third-order valence-electron chi connectivity index (χ3n) is 4.50. The van der Waals surface area contributed by atoms with Gasteiger partial charge in [-0.05, 0) is 25.8 Å². The first kappa shape index (κ1) is 13.6. The largest absolute Gasteiger partial charge is 0.497 e. The minimum absolute atomic E-state index is 0.717. The molecule has 1 unspecified atom stereocenters. The van der Waals surface area contributed by atoms with Crippen LogP contribution < -0.4 is 14.4 Å². The van der Waals surface area contributed by atoms with E-state index >= 15 is 0 Å². The molecule has 20 heavy (non-hydrogen) atoms. The molecule has 3 rings (SSSR count). The van der Waals surface area contributed by atoms with Crippen LogP contribution in [0.3, 0.4) is 0 Å². The summed E-state index contributed by atoms with van der Waals surface area (Å²) in [5.41, 5.74) is 1.22. The van der Waals surface area contributed by atoms with Crippen molar-refractivity contribution >= 4 is 5.69 Å². The first-order chi connectivity index (χ1) is 9.80. The Balaban J connectivity index is 1.83. The predicted molar refractivity (Wildman–Crippen MR) is 81.0 cm³/mol. The molecule has 1 atom stereocenters. The van der Waals surface area contributed by atoms with E-state index in [1.165, 1.54) is 38.0 Å². The van der Waals surface area contributed by atoms with E-state index in [4.69, 9.17) is 9.47 Å². The van der Waals surface area contributed by atoms with Gasteiger partial charge >= 0.3 is 0 Å². The van der Waals surface area contributed by atoms with Gasteiger partial charge in [0.25, 0.3) is 0 Å². The topological polar surface area (TPSA) is 24.9 Å². The lowest BCUT2D eigenvalue weighted by Crippen LogP contribution is -2.36. The van der Waals surface area contributed by atoms with Crippen molar-refractivity contribution in [2.24, 2.45) is 0 Å². The van der Waals surface area contributed by atoms with Crippen LogP contribution in [0.1, 0.15) is 19.3 Å². The predicted octanol–water partition coefficient (Wildman–Crippen LogP) is 2.38. The Morgan fingerprint density at radius 1 is 0.950 bits per heavy atom. The molecular weight excluding hydrogens is 252 g/mol. The van der Waals surface area contributed by atoms with E-state index in [-0.39, 0.29) is 0 Å². The maximum Gasteiger partial charge on any atom is 0.124 e. The third kappa shape index (κ3) is 2.70. The van der Waals surface area contributed by atoms with E-state index in [0.717, 1.165) is 30.6 Å². The molecule has 0 radical (unpaired) electrons. The van der Waals surface area contributed by atoms with Crippen molar-refractivity contribution in [1.82, 2.24) is 4.90 Å². The fraction of sp³-hybridized carbons (Fsp3) is 0.625. The van der Waals surface area contributed by atoms with E-state index in [0.29, 0.717) is 0 Å². The van der Waals surface area contributed by atoms with E-state index in [9.17, 15) is 0 Å². The van der Waals surface area contributed by atoms with Crippen molar-refractivity contribution in [2.75, 3.05) is 45.3 Å². The maximum atomic E-state index is 5.39. The van der Waals surface area contributed by atoms with Gasteiger partial charge in [-0.2, -0.15) is 0 Å². The van der Waals surface area contributed by atoms with Gasteiger partial charge < -0.3 is 14.4 Å². The first-order valence-corrected chi connectivity index (χ1v) is 7.52. The zero-order chi connectivity index (χ0) is 13.9. The van der Waals surface area contributed by atoms with Gasteiger partial charge in [0.1, 0.15) is 11.5 Å². The molecule has 110 valence electrons. The molecule has 1 aromatic rings. The van der Waals surface area contributed by atoms with Crippen molar-refractivity contribution in [1.29, 1.82) is 0 Å². The summed E-state index contributed by atoms with van der Waals surface area (Å²) in [6.07, 6.45) is 3.91. The van der Waals surface area contributed by atoms with Gasteiger partial charge in [0.05, 0.1) is 14.2 Å². The molecular formula is C16H24N2O2. The maximum absolute atomic E-state index is 5.39. The fourth-order valence-electron chi connectivity index (χ4n) is 3.42. The van der Waals surface area contributed by atoms with Crippen LogP contribution in [-0.4, -0.2) is 51.3 Å². The van der Waals surface area contributed by atoms with Crippen molar-refractivity contribution in [2.45, 2.75) is 25.3 Å². The number of anilines is 1. The molecule has 2 fully saturated rings. The molecule has 4 nitrogen and oxygen atoms in total. The average Bonchev–Trinajstić information content (AvgIpc) is 2.83. The number of nitrogens with zero attached hydrogens (tertiary/aromatic N) is 2.